The first kappa shape index (κ1) is 22.3. The van der Waals surface area contributed by atoms with Crippen LogP contribution >= 0.6 is 15.9 Å². The third-order valence-corrected chi connectivity index (χ3v) is 5.54. The van der Waals surface area contributed by atoms with E-state index < -0.39 is 16.7 Å². The first-order valence-electron chi connectivity index (χ1n) is 9.99. The molecule has 2 N–H and O–H groups in total. The third-order valence-electron chi connectivity index (χ3n) is 5.11. The molecule has 0 fully saturated rings. The number of aryl methyl sites for hydroxylation is 1. The van der Waals surface area contributed by atoms with E-state index >= 15 is 0 Å². The molecule has 0 saturated heterocycles. The van der Waals surface area contributed by atoms with Crippen LogP contribution in [0.25, 0.3) is 0 Å². The van der Waals surface area contributed by atoms with Gasteiger partial charge < -0.3 is 9.73 Å². The molecule has 4 rings (SSSR count). The number of hydrogen-bond donors (Lipinski definition) is 2. The van der Waals surface area contributed by atoms with Gasteiger partial charge in [0.2, 0.25) is 0 Å². The van der Waals surface area contributed by atoms with Crippen molar-refractivity contribution in [2.75, 3.05) is 5.32 Å². The quantitative estimate of drug-likeness (QED) is 0.384. The van der Waals surface area contributed by atoms with E-state index in [1.54, 1.807) is 25.3 Å². The lowest BCUT2D eigenvalue weighted by atomic mass is 9.93. The smallest absolute Gasteiger partial charge is 0.291 e. The van der Waals surface area contributed by atoms with Crippen LogP contribution < -0.4 is 10.7 Å². The standard InChI is InChI=1S/C22H18BrN5O5/c1-12-19-17(26-27-21(29)13-8-14(23)11-24-10-13)6-3-7-18(19)33-20(12)22(30)25-15-4-2-5-16(9-15)28(31)32/h2,4-5,8-11H,3,6-7H2,1H3,(H,25,30)(H,27,29)/b26-17+. The van der Waals surface area contributed by atoms with Crippen LogP contribution in [0.4, 0.5) is 11.4 Å². The molecule has 2 heterocycles. The summed E-state index contributed by atoms with van der Waals surface area (Å²) in [5.41, 5.74) is 4.94. The molecular weight excluding hydrogens is 494 g/mol. The van der Waals surface area contributed by atoms with Gasteiger partial charge in [0.25, 0.3) is 17.5 Å². The average Bonchev–Trinajstić information content (AvgIpc) is 3.15. The van der Waals surface area contributed by atoms with Crippen molar-refractivity contribution in [3.8, 4) is 0 Å². The zero-order valence-electron chi connectivity index (χ0n) is 17.4. The number of carbonyl (C=O) groups is 2. The first-order chi connectivity index (χ1) is 15.8. The number of anilines is 1. The summed E-state index contributed by atoms with van der Waals surface area (Å²) in [5.74, 6) is -0.220. The molecule has 11 heteroatoms. The largest absolute Gasteiger partial charge is 0.455 e. The van der Waals surface area contributed by atoms with E-state index in [0.29, 0.717) is 45.5 Å². The molecule has 1 aliphatic rings. The number of nitro groups is 1. The maximum absolute atomic E-state index is 12.8. The van der Waals surface area contributed by atoms with Crippen LogP contribution in [-0.2, 0) is 6.42 Å². The number of furan rings is 1. The normalized spacial score (nSPS) is 13.9. The van der Waals surface area contributed by atoms with E-state index in [4.69, 9.17) is 4.42 Å². The predicted octanol–water partition coefficient (Wildman–Crippen LogP) is 4.38. The maximum atomic E-state index is 12.8. The Morgan fingerprint density at radius 2 is 2.03 bits per heavy atom. The van der Waals surface area contributed by atoms with Crippen molar-refractivity contribution in [3.05, 3.63) is 85.5 Å². The molecular formula is C22H18BrN5O5. The summed E-state index contributed by atoms with van der Waals surface area (Å²) >= 11 is 3.28. The van der Waals surface area contributed by atoms with Crippen molar-refractivity contribution in [2.24, 2.45) is 5.10 Å². The summed E-state index contributed by atoms with van der Waals surface area (Å²) in [5, 5.41) is 17.9. The minimum absolute atomic E-state index is 0.101. The number of rotatable bonds is 5. The molecule has 0 aliphatic heterocycles. The SMILES string of the molecule is Cc1c(C(=O)Nc2cccc([N+](=O)[O-])c2)oc2c1/C(=N/NC(=O)c1cncc(Br)c1)CCC2. The molecule has 3 aromatic rings. The minimum Gasteiger partial charge on any atom is -0.455 e. The van der Waals surface area contributed by atoms with Crippen molar-refractivity contribution >= 4 is 44.8 Å². The summed E-state index contributed by atoms with van der Waals surface area (Å²) in [4.78, 5) is 39.7. The number of halogens is 1. The second-order valence-electron chi connectivity index (χ2n) is 7.36. The molecule has 0 saturated carbocycles. The van der Waals surface area contributed by atoms with Crippen molar-refractivity contribution in [2.45, 2.75) is 26.2 Å². The van der Waals surface area contributed by atoms with Gasteiger partial charge in [0.1, 0.15) is 5.76 Å². The number of non-ortho nitro benzene ring substituents is 1. The summed E-state index contributed by atoms with van der Waals surface area (Å²) in [7, 11) is 0. The number of amides is 2. The Morgan fingerprint density at radius 3 is 2.79 bits per heavy atom. The molecule has 0 bridgehead atoms. The first-order valence-corrected chi connectivity index (χ1v) is 10.8. The second-order valence-corrected chi connectivity index (χ2v) is 8.28. The summed E-state index contributed by atoms with van der Waals surface area (Å²) in [6, 6.07) is 7.29. The number of hydrazone groups is 1. The van der Waals surface area contributed by atoms with Gasteiger partial charge in [-0.15, -0.1) is 0 Å². The highest BCUT2D eigenvalue weighted by Crippen LogP contribution is 2.30. The molecule has 1 aromatic carbocycles. The molecule has 0 spiro atoms. The number of nitro benzene ring substituents is 1. The Hall–Kier alpha value is -3.86. The molecule has 0 unspecified atom stereocenters. The lowest BCUT2D eigenvalue weighted by Gasteiger charge is -2.13. The third kappa shape index (κ3) is 4.82. The van der Waals surface area contributed by atoms with E-state index in [1.165, 1.54) is 24.4 Å². The number of benzene rings is 1. The summed E-state index contributed by atoms with van der Waals surface area (Å²) in [6.07, 6.45) is 5.00. The monoisotopic (exact) mass is 511 g/mol. The number of nitrogens with one attached hydrogen (secondary N) is 2. The van der Waals surface area contributed by atoms with E-state index in [2.05, 4.69) is 36.8 Å². The number of nitrogens with zero attached hydrogens (tertiary/aromatic N) is 3. The predicted molar refractivity (Wildman–Crippen MR) is 123 cm³/mol. The molecule has 2 amide bonds. The lowest BCUT2D eigenvalue weighted by Crippen LogP contribution is -2.22. The number of hydrogen-bond acceptors (Lipinski definition) is 7. The Bertz CT molecular complexity index is 1300. The van der Waals surface area contributed by atoms with E-state index in [0.717, 1.165) is 6.42 Å². The second kappa shape index (κ2) is 9.33. The Balaban J connectivity index is 1.56. The molecule has 10 nitrogen and oxygen atoms in total. The average molecular weight is 512 g/mol. The number of fused-ring (bicyclic) bond motifs is 1. The molecule has 0 atom stereocenters. The van der Waals surface area contributed by atoms with Crippen LogP contribution in [0, 0.1) is 17.0 Å². The van der Waals surface area contributed by atoms with Gasteiger partial charge >= 0.3 is 0 Å². The van der Waals surface area contributed by atoms with Crippen LogP contribution in [-0.4, -0.2) is 27.4 Å². The molecule has 33 heavy (non-hydrogen) atoms. The number of carbonyl (C=O) groups excluding carboxylic acids is 2. The lowest BCUT2D eigenvalue weighted by molar-refractivity contribution is -0.384. The van der Waals surface area contributed by atoms with E-state index in [-0.39, 0.29) is 17.1 Å². The Kier molecular flexibility index (Phi) is 6.31. The minimum atomic E-state index is -0.534. The van der Waals surface area contributed by atoms with Gasteiger partial charge in [-0.25, -0.2) is 5.43 Å². The fourth-order valence-electron chi connectivity index (χ4n) is 3.60. The Labute approximate surface area is 196 Å². The van der Waals surface area contributed by atoms with Crippen LogP contribution in [0.15, 0.2) is 56.7 Å². The van der Waals surface area contributed by atoms with Crippen LogP contribution in [0.1, 0.15) is 50.6 Å². The van der Waals surface area contributed by atoms with Gasteiger partial charge in [0, 0.05) is 52.2 Å². The van der Waals surface area contributed by atoms with E-state index in [9.17, 15) is 19.7 Å². The fourth-order valence-corrected chi connectivity index (χ4v) is 3.97. The van der Waals surface area contributed by atoms with Gasteiger partial charge in [0.05, 0.1) is 16.2 Å². The van der Waals surface area contributed by atoms with Gasteiger partial charge in [-0.05, 0) is 47.8 Å². The Morgan fingerprint density at radius 1 is 1.21 bits per heavy atom. The summed E-state index contributed by atoms with van der Waals surface area (Å²) < 4.78 is 6.50. The molecule has 2 aromatic heterocycles. The van der Waals surface area contributed by atoms with Crippen LogP contribution in [0.3, 0.4) is 0 Å². The summed E-state index contributed by atoms with van der Waals surface area (Å²) in [6.45, 7) is 1.74. The van der Waals surface area contributed by atoms with Crippen molar-refractivity contribution in [1.82, 2.24) is 10.4 Å². The molecule has 168 valence electrons. The molecule has 1 aliphatic carbocycles. The highest BCUT2D eigenvalue weighted by atomic mass is 79.9. The molecule has 0 radical (unpaired) electrons. The number of pyridine rings is 1. The van der Waals surface area contributed by atoms with Gasteiger partial charge in [-0.2, -0.15) is 5.10 Å². The fraction of sp³-hybridized carbons (Fsp3) is 0.182. The maximum Gasteiger partial charge on any atom is 0.291 e. The van der Waals surface area contributed by atoms with Crippen molar-refractivity contribution in [3.63, 3.8) is 0 Å². The zero-order chi connectivity index (χ0) is 23.5. The van der Waals surface area contributed by atoms with Crippen LogP contribution in [0.2, 0.25) is 0 Å². The topological polar surface area (TPSA) is 140 Å². The van der Waals surface area contributed by atoms with Gasteiger partial charge in [-0.1, -0.05) is 6.07 Å². The van der Waals surface area contributed by atoms with Crippen LogP contribution in [0.5, 0.6) is 0 Å². The number of aromatic nitrogens is 1. The van der Waals surface area contributed by atoms with Crippen molar-refractivity contribution in [1.29, 1.82) is 0 Å². The zero-order valence-corrected chi connectivity index (χ0v) is 19.0. The highest BCUT2D eigenvalue weighted by molar-refractivity contribution is 9.10. The van der Waals surface area contributed by atoms with Gasteiger partial charge in [0.15, 0.2) is 5.76 Å². The highest BCUT2D eigenvalue weighted by Gasteiger charge is 2.28. The van der Waals surface area contributed by atoms with Gasteiger partial charge in [-0.3, -0.25) is 24.7 Å². The van der Waals surface area contributed by atoms with Crippen molar-refractivity contribution < 1.29 is 18.9 Å². The van der Waals surface area contributed by atoms with E-state index in [1.807, 2.05) is 0 Å².